The number of hydrogen-bond acceptors (Lipinski definition) is 3. The average molecular weight is 290 g/mol. The van der Waals surface area contributed by atoms with Gasteiger partial charge in [-0.25, -0.2) is 0 Å². The predicted octanol–water partition coefficient (Wildman–Crippen LogP) is 2.35. The van der Waals surface area contributed by atoms with Gasteiger partial charge < -0.3 is 9.67 Å². The third-order valence-corrected chi connectivity index (χ3v) is 3.99. The lowest BCUT2D eigenvalue weighted by Crippen LogP contribution is -2.19. The summed E-state index contributed by atoms with van der Waals surface area (Å²) in [5.74, 6) is -0.234. The van der Waals surface area contributed by atoms with Gasteiger partial charge in [-0.3, -0.25) is 4.79 Å². The molecule has 0 aliphatic rings. The molecule has 2 rings (SSSR count). The van der Waals surface area contributed by atoms with Crippen LogP contribution in [0.4, 0.5) is 0 Å². The van der Waals surface area contributed by atoms with E-state index in [0.717, 1.165) is 11.1 Å². The highest BCUT2D eigenvalue weighted by Gasteiger charge is 2.10. The molecule has 0 saturated carbocycles. The Balaban J connectivity index is 2.24. The van der Waals surface area contributed by atoms with Crippen molar-refractivity contribution < 1.29 is 9.90 Å². The third-order valence-electron chi connectivity index (χ3n) is 3.20. The van der Waals surface area contributed by atoms with Gasteiger partial charge >= 0.3 is 0 Å². The molecule has 2 aromatic rings. The fourth-order valence-electron chi connectivity index (χ4n) is 1.92. The third kappa shape index (κ3) is 3.43. The van der Waals surface area contributed by atoms with E-state index in [-0.39, 0.29) is 5.91 Å². The van der Waals surface area contributed by atoms with E-state index in [1.165, 1.54) is 23.8 Å². The van der Waals surface area contributed by atoms with Crippen LogP contribution in [-0.2, 0) is 11.3 Å². The van der Waals surface area contributed by atoms with Crippen molar-refractivity contribution in [2.45, 2.75) is 33.4 Å². The first-order valence-corrected chi connectivity index (χ1v) is 7.30. The van der Waals surface area contributed by atoms with Crippen molar-refractivity contribution in [3.8, 4) is 0 Å². The van der Waals surface area contributed by atoms with Crippen LogP contribution < -0.4 is 4.80 Å². The van der Waals surface area contributed by atoms with Crippen LogP contribution in [0.25, 0.3) is 0 Å². The van der Waals surface area contributed by atoms with Gasteiger partial charge in [0.15, 0.2) is 4.80 Å². The summed E-state index contributed by atoms with van der Waals surface area (Å²) in [6, 6.07) is 5.93. The lowest BCUT2D eigenvalue weighted by atomic mass is 10.0. The summed E-state index contributed by atoms with van der Waals surface area (Å²) in [7, 11) is 0. The van der Waals surface area contributed by atoms with E-state index in [1.807, 2.05) is 43.6 Å². The van der Waals surface area contributed by atoms with Gasteiger partial charge in [0.2, 0.25) is 5.91 Å². The van der Waals surface area contributed by atoms with Crippen LogP contribution in [0.1, 0.15) is 29.7 Å². The summed E-state index contributed by atoms with van der Waals surface area (Å²) >= 11 is 1.39. The number of hydrogen-bond donors (Lipinski definition) is 1. The van der Waals surface area contributed by atoms with E-state index in [4.69, 9.17) is 0 Å². The smallest absolute Gasteiger partial charge is 0.245 e. The summed E-state index contributed by atoms with van der Waals surface area (Å²) < 4.78 is 1.80. The van der Waals surface area contributed by atoms with Crippen LogP contribution in [0.15, 0.2) is 34.8 Å². The summed E-state index contributed by atoms with van der Waals surface area (Å²) in [4.78, 5) is 15.6. The molecule has 0 fully saturated rings. The summed E-state index contributed by atoms with van der Waals surface area (Å²) in [5, 5.41) is 12.2. The van der Waals surface area contributed by atoms with Crippen molar-refractivity contribution in [1.29, 1.82) is 0 Å². The number of amides is 1. The largest absolute Gasteiger partial charge is 0.387 e. The molecule has 0 aliphatic carbocycles. The molecule has 1 amide bonds. The molecule has 106 valence electrons. The van der Waals surface area contributed by atoms with Crippen molar-refractivity contribution in [1.82, 2.24) is 4.57 Å². The Morgan fingerprint density at radius 1 is 1.40 bits per heavy atom. The first-order chi connectivity index (χ1) is 9.47. The van der Waals surface area contributed by atoms with Crippen LogP contribution in [0.5, 0.6) is 0 Å². The molecule has 1 atom stereocenters. The molecule has 0 bridgehead atoms. The second-order valence-corrected chi connectivity index (χ2v) is 5.70. The SMILES string of the molecule is CC(=O)N=c1sccn1CC(O)c1ccc(C)c(C)c1. The maximum atomic E-state index is 11.1. The fraction of sp³-hybridized carbons (Fsp3) is 0.333. The van der Waals surface area contributed by atoms with E-state index >= 15 is 0 Å². The minimum Gasteiger partial charge on any atom is -0.387 e. The van der Waals surface area contributed by atoms with Crippen LogP contribution in [0.3, 0.4) is 0 Å². The summed E-state index contributed by atoms with van der Waals surface area (Å²) in [6.07, 6.45) is 1.21. The Hall–Kier alpha value is -1.72. The summed E-state index contributed by atoms with van der Waals surface area (Å²) in [5.41, 5.74) is 3.24. The van der Waals surface area contributed by atoms with Gasteiger partial charge in [0, 0.05) is 18.5 Å². The first-order valence-electron chi connectivity index (χ1n) is 6.42. The maximum absolute atomic E-state index is 11.1. The number of carbonyl (C=O) groups is 1. The zero-order valence-corrected chi connectivity index (χ0v) is 12.6. The Morgan fingerprint density at radius 2 is 2.15 bits per heavy atom. The number of thiazole rings is 1. The molecule has 0 spiro atoms. The van der Waals surface area contributed by atoms with Crippen molar-refractivity contribution in [3.63, 3.8) is 0 Å². The van der Waals surface area contributed by atoms with E-state index < -0.39 is 6.10 Å². The van der Waals surface area contributed by atoms with Gasteiger partial charge in [-0.15, -0.1) is 11.3 Å². The number of aryl methyl sites for hydroxylation is 2. The van der Waals surface area contributed by atoms with E-state index in [1.54, 1.807) is 4.57 Å². The van der Waals surface area contributed by atoms with Gasteiger partial charge in [0.1, 0.15) is 0 Å². The normalized spacial score (nSPS) is 13.5. The molecular formula is C15H18N2O2S. The molecule has 0 saturated heterocycles. The molecular weight excluding hydrogens is 272 g/mol. The van der Waals surface area contributed by atoms with Crippen molar-refractivity contribution in [2.24, 2.45) is 4.99 Å². The van der Waals surface area contributed by atoms with Crippen LogP contribution in [0.2, 0.25) is 0 Å². The van der Waals surface area contributed by atoms with Gasteiger partial charge in [-0.2, -0.15) is 4.99 Å². The fourth-order valence-corrected chi connectivity index (χ4v) is 2.71. The summed E-state index contributed by atoms with van der Waals surface area (Å²) in [6.45, 7) is 5.88. The highest BCUT2D eigenvalue weighted by atomic mass is 32.1. The number of rotatable bonds is 3. The Labute approximate surface area is 122 Å². The van der Waals surface area contributed by atoms with Crippen LogP contribution in [-0.4, -0.2) is 15.6 Å². The molecule has 1 heterocycles. The predicted molar refractivity (Wildman–Crippen MR) is 79.4 cm³/mol. The number of aromatic nitrogens is 1. The molecule has 20 heavy (non-hydrogen) atoms. The first kappa shape index (κ1) is 14.7. The second-order valence-electron chi connectivity index (χ2n) is 4.83. The molecule has 1 N–H and O–H groups in total. The van der Waals surface area contributed by atoms with E-state index in [9.17, 15) is 9.90 Å². The maximum Gasteiger partial charge on any atom is 0.245 e. The minimum atomic E-state index is -0.616. The van der Waals surface area contributed by atoms with E-state index in [0.29, 0.717) is 11.3 Å². The molecule has 4 nitrogen and oxygen atoms in total. The number of nitrogens with zero attached hydrogens (tertiary/aromatic N) is 2. The highest BCUT2D eigenvalue weighted by Crippen LogP contribution is 2.18. The topological polar surface area (TPSA) is 54.6 Å². The Kier molecular flexibility index (Phi) is 4.52. The monoisotopic (exact) mass is 290 g/mol. The second kappa shape index (κ2) is 6.15. The highest BCUT2D eigenvalue weighted by molar-refractivity contribution is 7.07. The molecule has 1 unspecified atom stereocenters. The van der Waals surface area contributed by atoms with Gasteiger partial charge in [0.25, 0.3) is 0 Å². The van der Waals surface area contributed by atoms with E-state index in [2.05, 4.69) is 4.99 Å². The Bertz CT molecular complexity index is 685. The van der Waals surface area contributed by atoms with Gasteiger partial charge in [-0.1, -0.05) is 18.2 Å². The molecule has 1 aromatic heterocycles. The standard InChI is InChI=1S/C15H18N2O2S/c1-10-4-5-13(8-11(10)2)14(19)9-17-6-7-20-15(17)16-12(3)18/h4-8,14,19H,9H2,1-3H3. The zero-order chi connectivity index (χ0) is 14.7. The zero-order valence-electron chi connectivity index (χ0n) is 11.8. The molecule has 5 heteroatoms. The molecule has 0 aliphatic heterocycles. The number of carbonyl (C=O) groups excluding carboxylic acids is 1. The van der Waals surface area contributed by atoms with Gasteiger partial charge in [-0.05, 0) is 30.5 Å². The quantitative estimate of drug-likeness (QED) is 0.943. The van der Waals surface area contributed by atoms with Crippen LogP contribution in [0, 0.1) is 13.8 Å². The lowest BCUT2D eigenvalue weighted by Gasteiger charge is -2.13. The minimum absolute atomic E-state index is 0.234. The Morgan fingerprint density at radius 3 is 2.80 bits per heavy atom. The average Bonchev–Trinajstić information content (AvgIpc) is 2.79. The lowest BCUT2D eigenvalue weighted by molar-refractivity contribution is -0.116. The van der Waals surface area contributed by atoms with Gasteiger partial charge in [0.05, 0.1) is 12.6 Å². The van der Waals surface area contributed by atoms with Crippen LogP contribution >= 0.6 is 11.3 Å². The number of benzene rings is 1. The van der Waals surface area contributed by atoms with Crippen molar-refractivity contribution in [3.05, 3.63) is 51.3 Å². The van der Waals surface area contributed by atoms with Crippen molar-refractivity contribution >= 4 is 17.2 Å². The molecule has 1 aromatic carbocycles. The number of aliphatic hydroxyl groups is 1. The number of aliphatic hydroxyl groups excluding tert-OH is 1. The van der Waals surface area contributed by atoms with Crippen molar-refractivity contribution in [2.75, 3.05) is 0 Å². The molecule has 0 radical (unpaired) electrons.